The molecule has 1 aromatic heterocycles. The number of aryl methyl sites for hydroxylation is 1. The molecule has 0 bridgehead atoms. The molecule has 2 aromatic carbocycles. The molecule has 8 heteroatoms. The molecule has 146 valence electrons. The van der Waals surface area contributed by atoms with Crippen LogP contribution in [0.15, 0.2) is 62.6 Å². The Hall–Kier alpha value is -3.13. The highest BCUT2D eigenvalue weighted by Crippen LogP contribution is 2.23. The second-order valence-corrected chi connectivity index (χ2v) is 8.19. The fourth-order valence-electron chi connectivity index (χ4n) is 2.82. The Labute approximate surface area is 161 Å². The van der Waals surface area contributed by atoms with Crippen LogP contribution in [0, 0.1) is 0 Å². The van der Waals surface area contributed by atoms with Crippen molar-refractivity contribution in [3.8, 4) is 5.75 Å². The van der Waals surface area contributed by atoms with Crippen molar-refractivity contribution in [2.24, 2.45) is 0 Å². The molecule has 1 heterocycles. The van der Waals surface area contributed by atoms with Crippen LogP contribution in [0.2, 0.25) is 0 Å². The quantitative estimate of drug-likeness (QED) is 0.637. The monoisotopic (exact) mass is 401 g/mol. The van der Waals surface area contributed by atoms with Crippen LogP contribution in [0.5, 0.6) is 5.75 Å². The molecule has 3 aromatic rings. The van der Waals surface area contributed by atoms with E-state index in [0.29, 0.717) is 17.8 Å². The van der Waals surface area contributed by atoms with Crippen molar-refractivity contribution in [1.29, 1.82) is 0 Å². The number of hydrogen-bond donors (Lipinski definition) is 1. The smallest absolute Gasteiger partial charge is 0.336 e. The van der Waals surface area contributed by atoms with Crippen molar-refractivity contribution in [3.05, 3.63) is 64.5 Å². The number of hydrogen-bond acceptors (Lipinski definition) is 6. The van der Waals surface area contributed by atoms with Crippen molar-refractivity contribution in [1.82, 2.24) is 0 Å². The van der Waals surface area contributed by atoms with Crippen molar-refractivity contribution >= 4 is 32.4 Å². The first-order valence-electron chi connectivity index (χ1n) is 8.56. The molecule has 0 radical (unpaired) electrons. The zero-order valence-corrected chi connectivity index (χ0v) is 16.2. The number of carbonyl (C=O) groups is 1. The summed E-state index contributed by atoms with van der Waals surface area (Å²) in [6.07, 6.45) is 1.76. The molecule has 0 aliphatic heterocycles. The minimum atomic E-state index is -3.48. The van der Waals surface area contributed by atoms with Gasteiger partial charge in [-0.25, -0.2) is 13.2 Å². The highest BCUT2D eigenvalue weighted by Gasteiger charge is 2.15. The number of nitrogens with one attached hydrogen (secondary N) is 1. The largest absolute Gasteiger partial charge is 0.484 e. The predicted molar refractivity (Wildman–Crippen MR) is 106 cm³/mol. The third kappa shape index (κ3) is 4.40. The van der Waals surface area contributed by atoms with E-state index >= 15 is 0 Å². The summed E-state index contributed by atoms with van der Waals surface area (Å²) in [5.74, 6) is -0.157. The number of ether oxygens (including phenoxy) is 1. The minimum absolute atomic E-state index is 0.0305. The molecule has 0 saturated carbocycles. The van der Waals surface area contributed by atoms with Crippen LogP contribution < -0.4 is 15.7 Å². The Kier molecular flexibility index (Phi) is 5.51. The van der Waals surface area contributed by atoms with Gasteiger partial charge in [0.1, 0.15) is 11.3 Å². The third-order valence-corrected chi connectivity index (χ3v) is 5.27. The Morgan fingerprint density at radius 2 is 1.89 bits per heavy atom. The van der Waals surface area contributed by atoms with Gasteiger partial charge in [-0.3, -0.25) is 4.79 Å². The average Bonchev–Trinajstić information content (AvgIpc) is 2.65. The van der Waals surface area contributed by atoms with Crippen LogP contribution in [0.3, 0.4) is 0 Å². The van der Waals surface area contributed by atoms with Crippen LogP contribution in [-0.2, 0) is 21.1 Å². The molecule has 7 nitrogen and oxygen atoms in total. The van der Waals surface area contributed by atoms with E-state index in [-0.39, 0.29) is 17.2 Å². The average molecular weight is 401 g/mol. The molecular weight excluding hydrogens is 382 g/mol. The zero-order valence-electron chi connectivity index (χ0n) is 15.4. The molecule has 0 fully saturated rings. The van der Waals surface area contributed by atoms with Gasteiger partial charge in [-0.05, 0) is 36.2 Å². The third-order valence-electron chi connectivity index (χ3n) is 4.11. The summed E-state index contributed by atoms with van der Waals surface area (Å²) >= 11 is 0. The van der Waals surface area contributed by atoms with Gasteiger partial charge in [-0.15, -0.1) is 0 Å². The second-order valence-electron chi connectivity index (χ2n) is 6.21. The van der Waals surface area contributed by atoms with Crippen molar-refractivity contribution in [2.45, 2.75) is 18.2 Å². The summed E-state index contributed by atoms with van der Waals surface area (Å²) in [4.78, 5) is 23.8. The number of sulfone groups is 1. The second kappa shape index (κ2) is 7.85. The fraction of sp³-hybridized carbons (Fsp3) is 0.200. The van der Waals surface area contributed by atoms with E-state index < -0.39 is 21.4 Å². The summed E-state index contributed by atoms with van der Waals surface area (Å²) in [6.45, 7) is 1.61. The van der Waals surface area contributed by atoms with Gasteiger partial charge in [0.2, 0.25) is 0 Å². The number of benzene rings is 2. The van der Waals surface area contributed by atoms with E-state index in [1.54, 1.807) is 30.3 Å². The predicted octanol–water partition coefficient (Wildman–Crippen LogP) is 2.78. The SMILES string of the molecule is CCc1cc(=O)oc2cc(OCC(=O)Nc3ccccc3S(C)(=O)=O)ccc12. The summed E-state index contributed by atoms with van der Waals surface area (Å²) in [5.41, 5.74) is 0.991. The van der Waals surface area contributed by atoms with Gasteiger partial charge in [0.15, 0.2) is 16.4 Å². The molecule has 1 N–H and O–H groups in total. The first kappa shape index (κ1) is 19.6. The number of amides is 1. The first-order chi connectivity index (χ1) is 13.3. The normalized spacial score (nSPS) is 11.4. The van der Waals surface area contributed by atoms with Crippen molar-refractivity contribution in [2.75, 3.05) is 18.2 Å². The number of rotatable bonds is 6. The lowest BCUT2D eigenvalue weighted by atomic mass is 10.1. The van der Waals surface area contributed by atoms with Gasteiger partial charge < -0.3 is 14.5 Å². The lowest BCUT2D eigenvalue weighted by molar-refractivity contribution is -0.118. The van der Waals surface area contributed by atoms with E-state index in [9.17, 15) is 18.0 Å². The molecule has 0 aliphatic rings. The Balaban J connectivity index is 1.74. The summed E-state index contributed by atoms with van der Waals surface area (Å²) in [5, 5.41) is 3.34. The van der Waals surface area contributed by atoms with E-state index in [1.165, 1.54) is 18.2 Å². The lowest BCUT2D eigenvalue weighted by Gasteiger charge is -2.11. The van der Waals surface area contributed by atoms with Crippen LogP contribution >= 0.6 is 0 Å². The standard InChI is InChI=1S/C20H19NO6S/c1-3-13-10-20(23)27-17-11-14(8-9-15(13)17)26-12-19(22)21-16-6-4-5-7-18(16)28(2,24)25/h4-11H,3,12H2,1-2H3,(H,21,22). The van der Waals surface area contributed by atoms with Crippen molar-refractivity contribution in [3.63, 3.8) is 0 Å². The van der Waals surface area contributed by atoms with E-state index in [0.717, 1.165) is 17.2 Å². The van der Waals surface area contributed by atoms with Gasteiger partial charge in [0.25, 0.3) is 5.91 Å². The van der Waals surface area contributed by atoms with Gasteiger partial charge in [0, 0.05) is 23.8 Å². The maximum Gasteiger partial charge on any atom is 0.336 e. The fourth-order valence-corrected chi connectivity index (χ4v) is 3.67. The van der Waals surface area contributed by atoms with Gasteiger partial charge in [-0.2, -0.15) is 0 Å². The molecule has 0 aliphatic carbocycles. The number of carbonyl (C=O) groups excluding carboxylic acids is 1. The Morgan fingerprint density at radius 3 is 2.61 bits per heavy atom. The summed E-state index contributed by atoms with van der Waals surface area (Å²) in [6, 6.07) is 12.6. The zero-order chi connectivity index (χ0) is 20.3. The maximum absolute atomic E-state index is 12.2. The number of para-hydroxylation sites is 1. The summed E-state index contributed by atoms with van der Waals surface area (Å²) < 4.78 is 34.3. The molecule has 0 spiro atoms. The topological polar surface area (TPSA) is 103 Å². The van der Waals surface area contributed by atoms with Crippen LogP contribution in [0.1, 0.15) is 12.5 Å². The highest BCUT2D eigenvalue weighted by atomic mass is 32.2. The number of anilines is 1. The molecule has 1 amide bonds. The van der Waals surface area contributed by atoms with Crippen molar-refractivity contribution < 1.29 is 22.4 Å². The van der Waals surface area contributed by atoms with Crippen LogP contribution in [0.4, 0.5) is 5.69 Å². The van der Waals surface area contributed by atoms with Crippen LogP contribution in [-0.4, -0.2) is 27.2 Å². The molecule has 0 unspecified atom stereocenters. The molecular formula is C20H19NO6S. The minimum Gasteiger partial charge on any atom is -0.484 e. The van der Waals surface area contributed by atoms with E-state index in [1.807, 2.05) is 6.92 Å². The molecule has 28 heavy (non-hydrogen) atoms. The lowest BCUT2D eigenvalue weighted by Crippen LogP contribution is -2.21. The molecule has 0 atom stereocenters. The Morgan fingerprint density at radius 1 is 1.14 bits per heavy atom. The summed E-state index contributed by atoms with van der Waals surface area (Å²) in [7, 11) is -3.48. The van der Waals surface area contributed by atoms with Gasteiger partial charge >= 0.3 is 5.63 Å². The van der Waals surface area contributed by atoms with E-state index in [4.69, 9.17) is 9.15 Å². The number of fused-ring (bicyclic) bond motifs is 1. The molecule has 3 rings (SSSR count). The van der Waals surface area contributed by atoms with E-state index in [2.05, 4.69) is 5.32 Å². The van der Waals surface area contributed by atoms with Crippen LogP contribution in [0.25, 0.3) is 11.0 Å². The maximum atomic E-state index is 12.2. The Bertz CT molecular complexity index is 1200. The van der Waals surface area contributed by atoms with Gasteiger partial charge in [0.05, 0.1) is 10.6 Å². The highest BCUT2D eigenvalue weighted by molar-refractivity contribution is 7.90. The molecule has 0 saturated heterocycles. The van der Waals surface area contributed by atoms with Gasteiger partial charge in [-0.1, -0.05) is 19.1 Å². The first-order valence-corrected chi connectivity index (χ1v) is 10.5.